The van der Waals surface area contributed by atoms with Crippen molar-refractivity contribution in [1.29, 1.82) is 0 Å². The monoisotopic (exact) mass is 267 g/mol. The van der Waals surface area contributed by atoms with Crippen molar-refractivity contribution in [3.8, 4) is 0 Å². The molecule has 2 atom stereocenters. The van der Waals surface area contributed by atoms with Gasteiger partial charge in [0, 0.05) is 36.7 Å². The number of ether oxygens (including phenoxy) is 1. The van der Waals surface area contributed by atoms with Crippen molar-refractivity contribution in [3.63, 3.8) is 0 Å². The van der Waals surface area contributed by atoms with E-state index in [-0.39, 0.29) is 0 Å². The lowest BCUT2D eigenvalue weighted by molar-refractivity contribution is 0.179. The third-order valence-electron chi connectivity index (χ3n) is 3.15. The van der Waals surface area contributed by atoms with E-state index in [4.69, 9.17) is 4.74 Å². The lowest BCUT2D eigenvalue weighted by Gasteiger charge is -2.22. The number of hydrogen-bond acceptors (Lipinski definition) is 5. The summed E-state index contributed by atoms with van der Waals surface area (Å²) in [5.41, 5.74) is 1.10. The topological polar surface area (TPSA) is 47.0 Å². The van der Waals surface area contributed by atoms with Crippen molar-refractivity contribution in [2.45, 2.75) is 31.5 Å². The molecular weight excluding hydrogens is 246 g/mol. The Hall–Kier alpha value is -0.650. The summed E-state index contributed by atoms with van der Waals surface area (Å²) in [5, 5.41) is 4.41. The van der Waals surface area contributed by atoms with E-state index in [0.29, 0.717) is 12.0 Å². The van der Waals surface area contributed by atoms with E-state index in [9.17, 15) is 0 Å². The maximum absolute atomic E-state index is 5.47. The van der Waals surface area contributed by atoms with Crippen LogP contribution < -0.4 is 5.32 Å². The van der Waals surface area contributed by atoms with Crippen molar-refractivity contribution in [3.05, 3.63) is 18.0 Å². The van der Waals surface area contributed by atoms with Crippen LogP contribution in [0.1, 0.15) is 18.9 Å². The highest BCUT2D eigenvalue weighted by molar-refractivity contribution is 7.99. The van der Waals surface area contributed by atoms with Crippen LogP contribution in [0.3, 0.4) is 0 Å². The molecule has 0 amide bonds. The SMILES string of the molecule is CCNC(CSc1ncc(C)cn1)C1CCOC1. The molecule has 1 fully saturated rings. The van der Waals surface area contributed by atoms with Crippen LogP contribution in [-0.4, -0.2) is 41.5 Å². The van der Waals surface area contributed by atoms with Gasteiger partial charge in [-0.1, -0.05) is 18.7 Å². The second-order valence-electron chi connectivity index (χ2n) is 4.64. The van der Waals surface area contributed by atoms with Crippen molar-refractivity contribution in [2.24, 2.45) is 5.92 Å². The summed E-state index contributed by atoms with van der Waals surface area (Å²) >= 11 is 1.72. The van der Waals surface area contributed by atoms with Crippen molar-refractivity contribution >= 4 is 11.8 Å². The summed E-state index contributed by atoms with van der Waals surface area (Å²) in [7, 11) is 0. The molecular formula is C13H21N3OS. The molecule has 0 aromatic carbocycles. The van der Waals surface area contributed by atoms with Crippen molar-refractivity contribution in [1.82, 2.24) is 15.3 Å². The van der Waals surface area contributed by atoms with E-state index in [0.717, 1.165) is 42.7 Å². The summed E-state index contributed by atoms with van der Waals surface area (Å²) in [4.78, 5) is 8.66. The van der Waals surface area contributed by atoms with Gasteiger partial charge in [0.2, 0.25) is 0 Å². The molecule has 5 heteroatoms. The smallest absolute Gasteiger partial charge is 0.187 e. The lowest BCUT2D eigenvalue weighted by atomic mass is 10.0. The van der Waals surface area contributed by atoms with Crippen LogP contribution in [0, 0.1) is 12.8 Å². The van der Waals surface area contributed by atoms with Crippen molar-refractivity contribution in [2.75, 3.05) is 25.5 Å². The normalized spacial score (nSPS) is 21.1. The fourth-order valence-electron chi connectivity index (χ4n) is 2.11. The average molecular weight is 267 g/mol. The Labute approximate surface area is 113 Å². The summed E-state index contributed by atoms with van der Waals surface area (Å²) in [6, 6.07) is 0.493. The molecule has 1 aliphatic rings. The fourth-order valence-corrected chi connectivity index (χ4v) is 3.09. The second-order valence-corrected chi connectivity index (χ2v) is 5.63. The Balaban J connectivity index is 1.86. The van der Waals surface area contributed by atoms with Crippen LogP contribution in [0.25, 0.3) is 0 Å². The highest BCUT2D eigenvalue weighted by atomic mass is 32.2. The minimum absolute atomic E-state index is 0.493. The molecule has 2 heterocycles. The third-order valence-corrected chi connectivity index (χ3v) is 4.14. The standard InChI is InChI=1S/C13H21N3OS/c1-3-14-12(11-4-5-17-8-11)9-18-13-15-6-10(2)7-16-13/h6-7,11-12,14H,3-5,8-9H2,1-2H3. The van der Waals surface area contributed by atoms with Crippen molar-refractivity contribution < 1.29 is 4.74 Å². The summed E-state index contributed by atoms with van der Waals surface area (Å²) in [6.07, 6.45) is 4.90. The highest BCUT2D eigenvalue weighted by Crippen LogP contribution is 2.22. The number of aryl methyl sites for hydroxylation is 1. The first-order valence-electron chi connectivity index (χ1n) is 6.52. The lowest BCUT2D eigenvalue weighted by Crippen LogP contribution is -2.38. The Morgan fingerprint density at radius 2 is 2.28 bits per heavy atom. The first-order chi connectivity index (χ1) is 8.79. The summed E-state index contributed by atoms with van der Waals surface area (Å²) in [6.45, 7) is 6.93. The van der Waals surface area contributed by atoms with Crippen LogP contribution in [0.5, 0.6) is 0 Å². The molecule has 0 bridgehead atoms. The fraction of sp³-hybridized carbons (Fsp3) is 0.692. The van der Waals surface area contributed by atoms with Crippen LogP contribution in [0.15, 0.2) is 17.6 Å². The van der Waals surface area contributed by atoms with Crippen LogP contribution in [0.4, 0.5) is 0 Å². The maximum atomic E-state index is 5.47. The van der Waals surface area contributed by atoms with Crippen LogP contribution in [0.2, 0.25) is 0 Å². The van der Waals surface area contributed by atoms with Gasteiger partial charge in [0.15, 0.2) is 5.16 Å². The minimum atomic E-state index is 0.493. The zero-order valence-electron chi connectivity index (χ0n) is 11.1. The first-order valence-corrected chi connectivity index (χ1v) is 7.50. The number of aromatic nitrogens is 2. The van der Waals surface area contributed by atoms with E-state index < -0.39 is 0 Å². The molecule has 18 heavy (non-hydrogen) atoms. The summed E-state index contributed by atoms with van der Waals surface area (Å²) < 4.78 is 5.47. The summed E-state index contributed by atoms with van der Waals surface area (Å²) in [5.74, 6) is 1.63. The van der Waals surface area contributed by atoms with Gasteiger partial charge in [-0.15, -0.1) is 0 Å². The van der Waals surface area contributed by atoms with Crippen LogP contribution in [-0.2, 0) is 4.74 Å². The molecule has 4 nitrogen and oxygen atoms in total. The van der Waals surface area contributed by atoms with Gasteiger partial charge < -0.3 is 10.1 Å². The Kier molecular flexibility index (Phi) is 5.41. The van der Waals surface area contributed by atoms with Gasteiger partial charge in [-0.2, -0.15) is 0 Å². The molecule has 1 aliphatic heterocycles. The zero-order chi connectivity index (χ0) is 12.8. The minimum Gasteiger partial charge on any atom is -0.381 e. The molecule has 1 saturated heterocycles. The van der Waals surface area contributed by atoms with E-state index in [1.807, 2.05) is 19.3 Å². The molecule has 2 unspecified atom stereocenters. The Morgan fingerprint density at radius 3 is 2.89 bits per heavy atom. The number of thioether (sulfide) groups is 1. The second kappa shape index (κ2) is 7.07. The molecule has 2 rings (SSSR count). The number of hydrogen-bond donors (Lipinski definition) is 1. The predicted molar refractivity (Wildman–Crippen MR) is 73.9 cm³/mol. The zero-order valence-corrected chi connectivity index (χ0v) is 11.9. The molecule has 0 radical (unpaired) electrons. The Bertz CT molecular complexity index is 352. The van der Waals surface area contributed by atoms with Gasteiger partial charge >= 0.3 is 0 Å². The molecule has 100 valence electrons. The quantitative estimate of drug-likeness (QED) is 0.630. The van der Waals surface area contributed by atoms with E-state index in [1.54, 1.807) is 11.8 Å². The van der Waals surface area contributed by atoms with Gasteiger partial charge in [0.1, 0.15) is 0 Å². The van der Waals surface area contributed by atoms with Gasteiger partial charge in [0.25, 0.3) is 0 Å². The largest absolute Gasteiger partial charge is 0.381 e. The molecule has 0 aliphatic carbocycles. The maximum Gasteiger partial charge on any atom is 0.187 e. The molecule has 1 aromatic heterocycles. The van der Waals surface area contributed by atoms with Gasteiger partial charge in [-0.25, -0.2) is 9.97 Å². The molecule has 1 aromatic rings. The highest BCUT2D eigenvalue weighted by Gasteiger charge is 2.25. The number of rotatable bonds is 6. The van der Waals surface area contributed by atoms with Gasteiger partial charge in [0.05, 0.1) is 6.61 Å². The van der Waals surface area contributed by atoms with E-state index in [2.05, 4.69) is 22.2 Å². The predicted octanol–water partition coefficient (Wildman–Crippen LogP) is 1.89. The van der Waals surface area contributed by atoms with E-state index in [1.165, 1.54) is 0 Å². The van der Waals surface area contributed by atoms with Gasteiger partial charge in [-0.05, 0) is 25.5 Å². The average Bonchev–Trinajstić information content (AvgIpc) is 2.90. The number of nitrogens with one attached hydrogen (secondary N) is 1. The number of nitrogens with zero attached hydrogens (tertiary/aromatic N) is 2. The van der Waals surface area contributed by atoms with E-state index >= 15 is 0 Å². The van der Waals surface area contributed by atoms with Gasteiger partial charge in [-0.3, -0.25) is 0 Å². The first kappa shape index (κ1) is 13.8. The Morgan fingerprint density at radius 1 is 1.50 bits per heavy atom. The molecule has 0 spiro atoms. The molecule has 1 N–H and O–H groups in total. The third kappa shape index (κ3) is 3.93. The molecule has 0 saturated carbocycles. The van der Waals surface area contributed by atoms with Crippen LogP contribution >= 0.6 is 11.8 Å².